The zero-order valence-corrected chi connectivity index (χ0v) is 22.7. The number of aliphatic hydroxyl groups excluding tert-OH is 1. The first kappa shape index (κ1) is 25.7. The maximum absolute atomic E-state index is 13.6. The summed E-state index contributed by atoms with van der Waals surface area (Å²) in [5, 5.41) is 11.8. The molecular formula is C30H26N2O7S. The highest BCUT2D eigenvalue weighted by atomic mass is 32.1. The Morgan fingerprint density at radius 3 is 2.52 bits per heavy atom. The van der Waals surface area contributed by atoms with Gasteiger partial charge in [0.25, 0.3) is 5.78 Å². The number of ketones is 1. The highest BCUT2D eigenvalue weighted by molar-refractivity contribution is 7.22. The van der Waals surface area contributed by atoms with Gasteiger partial charge in [0, 0.05) is 5.56 Å². The number of amides is 1. The maximum atomic E-state index is 13.6. The van der Waals surface area contributed by atoms with E-state index in [4.69, 9.17) is 18.9 Å². The molecule has 1 atom stereocenters. The van der Waals surface area contributed by atoms with E-state index in [0.29, 0.717) is 64.6 Å². The lowest BCUT2D eigenvalue weighted by Gasteiger charge is -2.23. The largest absolute Gasteiger partial charge is 0.507 e. The van der Waals surface area contributed by atoms with Crippen LogP contribution >= 0.6 is 11.3 Å². The van der Waals surface area contributed by atoms with Crippen LogP contribution in [0, 0.1) is 0 Å². The number of anilines is 1. The number of aromatic nitrogens is 1. The van der Waals surface area contributed by atoms with Crippen LogP contribution in [0.2, 0.25) is 0 Å². The Balaban J connectivity index is 1.49. The predicted octanol–water partition coefficient (Wildman–Crippen LogP) is 5.49. The van der Waals surface area contributed by atoms with Gasteiger partial charge in [0.15, 0.2) is 16.6 Å². The zero-order valence-electron chi connectivity index (χ0n) is 21.9. The summed E-state index contributed by atoms with van der Waals surface area (Å²) in [5.41, 5.74) is 1.58. The summed E-state index contributed by atoms with van der Waals surface area (Å²) < 4.78 is 23.1. The fraction of sp³-hybridized carbons (Fsp3) is 0.233. The van der Waals surface area contributed by atoms with Crippen LogP contribution in [0.15, 0.2) is 66.2 Å². The van der Waals surface area contributed by atoms with Gasteiger partial charge in [-0.15, -0.1) is 0 Å². The van der Waals surface area contributed by atoms with Gasteiger partial charge in [0.05, 0.1) is 35.5 Å². The van der Waals surface area contributed by atoms with Crippen molar-refractivity contribution in [2.24, 2.45) is 0 Å². The first-order valence-corrected chi connectivity index (χ1v) is 13.7. The Kier molecular flexibility index (Phi) is 6.77. The molecule has 1 saturated heterocycles. The van der Waals surface area contributed by atoms with Crippen LogP contribution < -0.4 is 23.8 Å². The van der Waals surface area contributed by atoms with Gasteiger partial charge in [-0.2, -0.15) is 0 Å². The molecule has 0 saturated carbocycles. The van der Waals surface area contributed by atoms with Crippen LogP contribution in [-0.4, -0.2) is 48.7 Å². The van der Waals surface area contributed by atoms with Crippen LogP contribution in [0.25, 0.3) is 16.0 Å². The Morgan fingerprint density at radius 1 is 1.02 bits per heavy atom. The van der Waals surface area contributed by atoms with Crippen LogP contribution in [0.1, 0.15) is 30.5 Å². The van der Waals surface area contributed by atoms with Gasteiger partial charge in [-0.25, -0.2) is 4.98 Å². The lowest BCUT2D eigenvalue weighted by Crippen LogP contribution is -2.29. The number of hydrogen-bond donors (Lipinski definition) is 1. The number of rotatable bonds is 7. The number of carbonyl (C=O) groups excluding carboxylic acids is 2. The zero-order chi connectivity index (χ0) is 27.8. The van der Waals surface area contributed by atoms with Crippen LogP contribution in [0.4, 0.5) is 5.13 Å². The van der Waals surface area contributed by atoms with Crippen LogP contribution in [0.5, 0.6) is 23.0 Å². The molecule has 1 N–H and O–H groups in total. The van der Waals surface area contributed by atoms with E-state index >= 15 is 0 Å². The molecule has 10 heteroatoms. The highest BCUT2D eigenvalue weighted by Crippen LogP contribution is 2.45. The van der Waals surface area contributed by atoms with Crippen molar-refractivity contribution in [3.05, 3.63) is 77.4 Å². The first-order chi connectivity index (χ1) is 19.5. The number of carbonyl (C=O) groups is 2. The fourth-order valence-electron chi connectivity index (χ4n) is 4.78. The van der Waals surface area contributed by atoms with Gasteiger partial charge in [0.1, 0.15) is 30.5 Å². The van der Waals surface area contributed by atoms with Crippen molar-refractivity contribution in [1.29, 1.82) is 0 Å². The van der Waals surface area contributed by atoms with Crippen LogP contribution in [0.3, 0.4) is 0 Å². The Bertz CT molecular complexity index is 1640. The average Bonchev–Trinajstić information content (AvgIpc) is 3.53. The summed E-state index contributed by atoms with van der Waals surface area (Å²) in [6.07, 6.45) is 0.861. The number of methoxy groups -OCH3 is 1. The minimum atomic E-state index is -0.920. The quantitative estimate of drug-likeness (QED) is 0.180. The van der Waals surface area contributed by atoms with Crippen molar-refractivity contribution >= 4 is 44.1 Å². The predicted molar refractivity (Wildman–Crippen MR) is 151 cm³/mol. The number of hydrogen-bond acceptors (Lipinski definition) is 9. The molecule has 40 heavy (non-hydrogen) atoms. The molecular weight excluding hydrogens is 532 g/mol. The van der Waals surface area contributed by atoms with E-state index in [1.807, 2.05) is 13.0 Å². The number of aliphatic hydroxyl groups is 1. The number of nitrogens with zero attached hydrogens (tertiary/aromatic N) is 2. The summed E-state index contributed by atoms with van der Waals surface area (Å²) >= 11 is 1.27. The number of benzene rings is 3. The molecule has 3 heterocycles. The number of thiazole rings is 1. The third-order valence-electron chi connectivity index (χ3n) is 6.72. The lowest BCUT2D eigenvalue weighted by molar-refractivity contribution is -0.132. The average molecular weight is 559 g/mol. The smallest absolute Gasteiger partial charge is 0.301 e. The number of fused-ring (bicyclic) bond motifs is 2. The Morgan fingerprint density at radius 2 is 1.77 bits per heavy atom. The molecule has 2 aliphatic rings. The number of ether oxygens (including phenoxy) is 4. The Hall–Kier alpha value is -4.57. The minimum Gasteiger partial charge on any atom is -0.507 e. The third kappa shape index (κ3) is 4.50. The summed E-state index contributed by atoms with van der Waals surface area (Å²) in [5.74, 6) is 0.439. The van der Waals surface area contributed by atoms with Gasteiger partial charge in [0.2, 0.25) is 0 Å². The van der Waals surface area contributed by atoms with Gasteiger partial charge in [-0.1, -0.05) is 30.4 Å². The second-order valence-electron chi connectivity index (χ2n) is 9.28. The molecule has 0 aliphatic carbocycles. The second-order valence-corrected chi connectivity index (χ2v) is 10.3. The van der Waals surface area contributed by atoms with Crippen molar-refractivity contribution in [3.8, 4) is 23.0 Å². The molecule has 2 aliphatic heterocycles. The number of Topliss-reactive ketones (excluding diaryl/α,β-unsaturated/α-hetero) is 1. The summed E-state index contributed by atoms with van der Waals surface area (Å²) in [6, 6.07) is 16.6. The summed E-state index contributed by atoms with van der Waals surface area (Å²) in [6.45, 7) is 3.39. The van der Waals surface area contributed by atoms with E-state index in [-0.39, 0.29) is 11.3 Å². The van der Waals surface area contributed by atoms with E-state index in [2.05, 4.69) is 4.98 Å². The molecule has 0 bridgehead atoms. The summed E-state index contributed by atoms with van der Waals surface area (Å²) in [4.78, 5) is 33.2. The molecule has 1 fully saturated rings. The van der Waals surface area contributed by atoms with E-state index < -0.39 is 17.7 Å². The molecule has 1 amide bonds. The van der Waals surface area contributed by atoms with Gasteiger partial charge >= 0.3 is 5.91 Å². The second kappa shape index (κ2) is 10.5. The molecule has 0 spiro atoms. The highest BCUT2D eigenvalue weighted by Gasteiger charge is 2.48. The van der Waals surface area contributed by atoms with E-state index in [1.165, 1.54) is 16.2 Å². The van der Waals surface area contributed by atoms with Gasteiger partial charge in [-0.3, -0.25) is 14.5 Å². The van der Waals surface area contributed by atoms with Gasteiger partial charge in [-0.05, 0) is 60.5 Å². The molecule has 3 aromatic carbocycles. The fourth-order valence-corrected chi connectivity index (χ4v) is 5.80. The van der Waals surface area contributed by atoms with E-state index in [9.17, 15) is 14.7 Å². The molecule has 1 aromatic heterocycles. The topological polar surface area (TPSA) is 107 Å². The molecule has 6 rings (SSSR count). The molecule has 0 radical (unpaired) electrons. The van der Waals surface area contributed by atoms with E-state index in [0.717, 1.165) is 11.1 Å². The standard InChI is InChI=1S/C30H26N2O7S/c1-3-12-37-19-7-4-17(5-8-19)26-25(27(33)18-6-11-22-23(15-18)39-14-13-38-22)28(34)29(35)32(26)30-31-21-10-9-20(36-2)16-24(21)40-30/h4-11,15-16,26,33H,3,12-14H2,1-2H3/b27-25+/t26-/m1/s1. The van der Waals surface area contributed by atoms with Crippen molar-refractivity contribution in [2.75, 3.05) is 31.8 Å². The van der Waals surface area contributed by atoms with Crippen LogP contribution in [-0.2, 0) is 9.59 Å². The molecule has 9 nitrogen and oxygen atoms in total. The third-order valence-corrected chi connectivity index (χ3v) is 7.74. The first-order valence-electron chi connectivity index (χ1n) is 12.9. The monoisotopic (exact) mass is 558 g/mol. The normalized spacial score (nSPS) is 17.9. The molecule has 0 unspecified atom stereocenters. The van der Waals surface area contributed by atoms with Gasteiger partial charge < -0.3 is 24.1 Å². The molecule has 204 valence electrons. The Labute approximate surface area is 234 Å². The lowest BCUT2D eigenvalue weighted by atomic mass is 9.95. The van der Waals surface area contributed by atoms with Crippen molar-refractivity contribution in [3.63, 3.8) is 0 Å². The summed E-state index contributed by atoms with van der Waals surface area (Å²) in [7, 11) is 1.58. The SMILES string of the molecule is CCCOc1ccc([C@@H]2/C(=C(\O)c3ccc4c(c3)OCCO4)C(=O)C(=O)N2c2nc3ccc(OC)cc3s2)cc1. The maximum Gasteiger partial charge on any atom is 0.301 e. The van der Waals surface area contributed by atoms with Crippen molar-refractivity contribution < 1.29 is 33.6 Å². The van der Waals surface area contributed by atoms with Crippen molar-refractivity contribution in [1.82, 2.24) is 4.98 Å². The van der Waals surface area contributed by atoms with Crippen molar-refractivity contribution in [2.45, 2.75) is 19.4 Å². The van der Waals surface area contributed by atoms with E-state index in [1.54, 1.807) is 61.7 Å². The minimum absolute atomic E-state index is 0.0410. The molecule has 4 aromatic rings.